The predicted octanol–water partition coefficient (Wildman–Crippen LogP) is 3.69. The molecule has 1 unspecified atom stereocenters. The molecular formula is C17H25NO3. The third-order valence-corrected chi connectivity index (χ3v) is 3.61. The number of epoxide rings is 1. The second-order valence-corrected chi connectivity index (χ2v) is 7.35. The van der Waals surface area contributed by atoms with E-state index in [9.17, 15) is 4.79 Å². The minimum Gasteiger partial charge on any atom is -0.444 e. The van der Waals surface area contributed by atoms with E-state index in [1.165, 1.54) is 5.56 Å². The van der Waals surface area contributed by atoms with Crippen molar-refractivity contribution in [2.24, 2.45) is 0 Å². The number of carbonyl (C=O) groups excluding carboxylic acids is 1. The van der Waals surface area contributed by atoms with Crippen molar-refractivity contribution in [2.45, 2.75) is 58.3 Å². The number of benzene rings is 1. The van der Waals surface area contributed by atoms with Gasteiger partial charge in [-0.1, -0.05) is 24.3 Å². The summed E-state index contributed by atoms with van der Waals surface area (Å²) in [6, 6.07) is 8.17. The average molecular weight is 291 g/mol. The molecule has 1 aromatic carbocycles. The van der Waals surface area contributed by atoms with Crippen molar-refractivity contribution in [1.82, 2.24) is 5.32 Å². The lowest BCUT2D eigenvalue weighted by molar-refractivity contribution is 0.0470. The number of nitrogens with one attached hydrogen (secondary N) is 1. The normalized spacial score (nSPS) is 21.8. The van der Waals surface area contributed by atoms with Gasteiger partial charge in [0.15, 0.2) is 0 Å². The van der Waals surface area contributed by atoms with Crippen molar-refractivity contribution in [3.05, 3.63) is 35.4 Å². The fraction of sp³-hybridized carbons (Fsp3) is 0.588. The van der Waals surface area contributed by atoms with Gasteiger partial charge in [-0.3, -0.25) is 0 Å². The molecule has 1 atom stereocenters. The molecule has 116 valence electrons. The van der Waals surface area contributed by atoms with Crippen LogP contribution in [0.15, 0.2) is 24.3 Å². The molecule has 0 aromatic heterocycles. The lowest BCUT2D eigenvalue weighted by Gasteiger charge is -2.29. The van der Waals surface area contributed by atoms with Gasteiger partial charge in [0, 0.05) is 0 Å². The number of amides is 1. The van der Waals surface area contributed by atoms with Crippen LogP contribution in [0.3, 0.4) is 0 Å². The Hall–Kier alpha value is -1.55. The van der Waals surface area contributed by atoms with Crippen molar-refractivity contribution >= 4 is 6.09 Å². The van der Waals surface area contributed by atoms with E-state index >= 15 is 0 Å². The predicted molar refractivity (Wildman–Crippen MR) is 82.1 cm³/mol. The van der Waals surface area contributed by atoms with Gasteiger partial charge in [0.2, 0.25) is 0 Å². The lowest BCUT2D eigenvalue weighted by atomic mass is 9.91. The van der Waals surface area contributed by atoms with E-state index in [0.29, 0.717) is 0 Å². The molecular weight excluding hydrogens is 266 g/mol. The van der Waals surface area contributed by atoms with Crippen LogP contribution in [0.4, 0.5) is 4.79 Å². The number of hydrogen-bond donors (Lipinski definition) is 1. The van der Waals surface area contributed by atoms with Crippen LogP contribution in [0.5, 0.6) is 0 Å². The van der Waals surface area contributed by atoms with E-state index in [-0.39, 0.29) is 5.60 Å². The number of alkyl carbamates (subject to hydrolysis) is 1. The second-order valence-electron chi connectivity index (χ2n) is 7.35. The molecule has 0 aliphatic carbocycles. The zero-order valence-corrected chi connectivity index (χ0v) is 13.7. The van der Waals surface area contributed by atoms with Gasteiger partial charge in [0.05, 0.1) is 12.1 Å². The first-order chi connectivity index (χ1) is 9.52. The largest absolute Gasteiger partial charge is 0.444 e. The smallest absolute Gasteiger partial charge is 0.408 e. The van der Waals surface area contributed by atoms with Crippen LogP contribution < -0.4 is 5.32 Å². The summed E-state index contributed by atoms with van der Waals surface area (Å²) in [5, 5.41) is 2.91. The molecule has 1 aliphatic heterocycles. The Morgan fingerprint density at radius 3 is 2.14 bits per heavy atom. The fourth-order valence-electron chi connectivity index (χ4n) is 2.15. The summed E-state index contributed by atoms with van der Waals surface area (Å²) in [7, 11) is 0. The Bertz CT molecular complexity index is 522. The first kappa shape index (κ1) is 15.8. The quantitative estimate of drug-likeness (QED) is 0.864. The maximum absolute atomic E-state index is 11.9. The molecule has 1 saturated heterocycles. The fourth-order valence-corrected chi connectivity index (χ4v) is 2.15. The van der Waals surface area contributed by atoms with Crippen molar-refractivity contribution < 1.29 is 14.3 Å². The molecule has 21 heavy (non-hydrogen) atoms. The molecule has 1 aromatic rings. The minimum atomic E-state index is -0.498. The van der Waals surface area contributed by atoms with E-state index in [0.717, 1.165) is 12.2 Å². The molecule has 1 N–H and O–H groups in total. The third-order valence-electron chi connectivity index (χ3n) is 3.61. The summed E-state index contributed by atoms with van der Waals surface area (Å²) < 4.78 is 10.8. The summed E-state index contributed by atoms with van der Waals surface area (Å²) in [4.78, 5) is 11.9. The SMILES string of the molecule is CC(C)(C)OC(=O)NC(C)(C)c1ccc(C2(C)CO2)cc1. The van der Waals surface area contributed by atoms with Gasteiger partial charge in [-0.2, -0.15) is 0 Å². The van der Waals surface area contributed by atoms with Crippen LogP contribution in [0.25, 0.3) is 0 Å². The monoisotopic (exact) mass is 291 g/mol. The van der Waals surface area contributed by atoms with E-state index in [1.807, 2.05) is 46.8 Å². The van der Waals surface area contributed by atoms with Crippen LogP contribution in [-0.4, -0.2) is 18.3 Å². The number of ether oxygens (including phenoxy) is 2. The van der Waals surface area contributed by atoms with Gasteiger partial charge in [0.1, 0.15) is 11.2 Å². The van der Waals surface area contributed by atoms with Gasteiger partial charge in [0.25, 0.3) is 0 Å². The van der Waals surface area contributed by atoms with Crippen molar-refractivity contribution in [3.8, 4) is 0 Å². The van der Waals surface area contributed by atoms with Crippen LogP contribution in [0.2, 0.25) is 0 Å². The van der Waals surface area contributed by atoms with Crippen molar-refractivity contribution in [2.75, 3.05) is 6.61 Å². The van der Waals surface area contributed by atoms with E-state index in [2.05, 4.69) is 24.4 Å². The molecule has 0 saturated carbocycles. The van der Waals surface area contributed by atoms with Gasteiger partial charge in [-0.15, -0.1) is 0 Å². The summed E-state index contributed by atoms with van der Waals surface area (Å²) in [6.45, 7) is 12.3. The van der Waals surface area contributed by atoms with Gasteiger partial charge >= 0.3 is 6.09 Å². The molecule has 0 bridgehead atoms. The highest BCUT2D eigenvalue weighted by molar-refractivity contribution is 5.69. The number of carbonyl (C=O) groups is 1. The summed E-state index contributed by atoms with van der Waals surface area (Å²) in [6.07, 6.45) is -0.408. The van der Waals surface area contributed by atoms with Crippen molar-refractivity contribution in [1.29, 1.82) is 0 Å². The van der Waals surface area contributed by atoms with Crippen LogP contribution in [-0.2, 0) is 20.6 Å². The highest BCUT2D eigenvalue weighted by atomic mass is 16.6. The van der Waals surface area contributed by atoms with Gasteiger partial charge in [-0.05, 0) is 52.7 Å². The van der Waals surface area contributed by atoms with E-state index in [4.69, 9.17) is 9.47 Å². The lowest BCUT2D eigenvalue weighted by Crippen LogP contribution is -2.43. The van der Waals surface area contributed by atoms with Crippen LogP contribution >= 0.6 is 0 Å². The topological polar surface area (TPSA) is 50.9 Å². The maximum atomic E-state index is 11.9. The van der Waals surface area contributed by atoms with Crippen LogP contribution in [0, 0.1) is 0 Å². The summed E-state index contributed by atoms with van der Waals surface area (Å²) in [5.41, 5.74) is 1.08. The average Bonchev–Trinajstić information content (AvgIpc) is 3.05. The Morgan fingerprint density at radius 1 is 1.19 bits per heavy atom. The van der Waals surface area contributed by atoms with Crippen LogP contribution in [0.1, 0.15) is 52.7 Å². The van der Waals surface area contributed by atoms with E-state index in [1.54, 1.807) is 0 Å². The molecule has 0 spiro atoms. The molecule has 0 radical (unpaired) electrons. The number of rotatable bonds is 3. The van der Waals surface area contributed by atoms with Gasteiger partial charge in [-0.25, -0.2) is 4.79 Å². The first-order valence-electron chi connectivity index (χ1n) is 7.28. The Morgan fingerprint density at radius 2 is 1.71 bits per heavy atom. The standard InChI is InChI=1S/C17H25NO3/c1-15(2,3)21-14(19)18-16(4,5)12-7-9-13(10-8-12)17(6)11-20-17/h7-10H,11H2,1-6H3,(H,18,19). The highest BCUT2D eigenvalue weighted by Crippen LogP contribution is 2.38. The zero-order valence-electron chi connectivity index (χ0n) is 13.7. The Balaban J connectivity index is 2.06. The third kappa shape index (κ3) is 3.97. The molecule has 1 amide bonds. The molecule has 4 nitrogen and oxygen atoms in total. The minimum absolute atomic E-state index is 0.124. The highest BCUT2D eigenvalue weighted by Gasteiger charge is 2.41. The number of hydrogen-bond acceptors (Lipinski definition) is 3. The summed E-state index contributed by atoms with van der Waals surface area (Å²) in [5.74, 6) is 0. The van der Waals surface area contributed by atoms with Crippen molar-refractivity contribution in [3.63, 3.8) is 0 Å². The Labute approximate surface area is 126 Å². The van der Waals surface area contributed by atoms with Gasteiger partial charge < -0.3 is 14.8 Å². The molecule has 1 aliphatic rings. The zero-order chi connectivity index (χ0) is 15.9. The molecule has 1 heterocycles. The molecule has 4 heteroatoms. The maximum Gasteiger partial charge on any atom is 0.408 e. The first-order valence-corrected chi connectivity index (χ1v) is 7.28. The summed E-state index contributed by atoms with van der Waals surface area (Å²) >= 11 is 0. The molecule has 1 fully saturated rings. The molecule has 2 rings (SSSR count). The van der Waals surface area contributed by atoms with E-state index < -0.39 is 17.2 Å². The second kappa shape index (κ2) is 5.02. The Kier molecular flexibility index (Phi) is 3.79.